The van der Waals surface area contributed by atoms with E-state index in [1.165, 1.54) is 6.42 Å². The molecule has 1 aromatic carbocycles. The molecule has 1 aromatic rings. The van der Waals surface area contributed by atoms with Gasteiger partial charge in [-0.3, -0.25) is 9.59 Å². The summed E-state index contributed by atoms with van der Waals surface area (Å²) in [5.74, 6) is -0.409. The van der Waals surface area contributed by atoms with Crippen LogP contribution in [0.4, 0.5) is 0 Å². The highest BCUT2D eigenvalue weighted by Gasteiger charge is 2.31. The van der Waals surface area contributed by atoms with Crippen LogP contribution in [0.1, 0.15) is 48.0 Å². The Labute approximate surface area is 143 Å². The SMILES string of the molecule is Cc1ccc(C(=O)NCC(=O)NC2(CN)CCCCC2)cc1.Cl. The van der Waals surface area contributed by atoms with Gasteiger partial charge in [-0.2, -0.15) is 0 Å². The molecule has 2 amide bonds. The maximum atomic E-state index is 12.1. The molecule has 0 heterocycles. The predicted octanol–water partition coefficient (Wildman–Crippen LogP) is 1.92. The molecule has 1 saturated carbocycles. The third-order valence-electron chi connectivity index (χ3n) is 4.33. The van der Waals surface area contributed by atoms with E-state index in [2.05, 4.69) is 10.6 Å². The van der Waals surface area contributed by atoms with Gasteiger partial charge >= 0.3 is 0 Å². The summed E-state index contributed by atoms with van der Waals surface area (Å²) < 4.78 is 0. The van der Waals surface area contributed by atoms with E-state index in [1.807, 2.05) is 19.1 Å². The summed E-state index contributed by atoms with van der Waals surface area (Å²) >= 11 is 0. The molecule has 6 heteroatoms. The van der Waals surface area contributed by atoms with Crippen LogP contribution in [0.2, 0.25) is 0 Å². The molecule has 0 radical (unpaired) electrons. The van der Waals surface area contributed by atoms with Crippen LogP contribution in [0.25, 0.3) is 0 Å². The zero-order chi connectivity index (χ0) is 16.0. The average Bonchev–Trinajstić information content (AvgIpc) is 2.54. The lowest BCUT2D eigenvalue weighted by molar-refractivity contribution is -0.122. The predicted molar refractivity (Wildman–Crippen MR) is 93.8 cm³/mol. The van der Waals surface area contributed by atoms with Crippen molar-refractivity contribution in [3.63, 3.8) is 0 Å². The zero-order valence-corrected chi connectivity index (χ0v) is 14.4. The lowest BCUT2D eigenvalue weighted by Gasteiger charge is -2.37. The first-order valence-corrected chi connectivity index (χ1v) is 7.91. The highest BCUT2D eigenvalue weighted by molar-refractivity contribution is 5.96. The first kappa shape index (κ1) is 19.5. The fourth-order valence-corrected chi connectivity index (χ4v) is 2.92. The number of carbonyl (C=O) groups excluding carboxylic acids is 2. The number of hydrogen-bond acceptors (Lipinski definition) is 3. The molecule has 23 heavy (non-hydrogen) atoms. The lowest BCUT2D eigenvalue weighted by atomic mass is 9.81. The van der Waals surface area contributed by atoms with E-state index in [9.17, 15) is 9.59 Å². The number of nitrogens with two attached hydrogens (primary N) is 1. The van der Waals surface area contributed by atoms with Crippen molar-refractivity contribution >= 4 is 24.2 Å². The fourth-order valence-electron chi connectivity index (χ4n) is 2.92. The fraction of sp³-hybridized carbons (Fsp3) is 0.529. The van der Waals surface area contributed by atoms with Gasteiger partial charge in [-0.05, 0) is 31.9 Å². The number of carbonyl (C=O) groups is 2. The topological polar surface area (TPSA) is 84.2 Å². The van der Waals surface area contributed by atoms with Gasteiger partial charge in [0.05, 0.1) is 12.1 Å². The Morgan fingerprint density at radius 2 is 1.74 bits per heavy atom. The van der Waals surface area contributed by atoms with Crippen LogP contribution in [-0.2, 0) is 4.79 Å². The summed E-state index contributed by atoms with van der Waals surface area (Å²) in [5, 5.41) is 5.68. The third-order valence-corrected chi connectivity index (χ3v) is 4.33. The van der Waals surface area contributed by atoms with E-state index in [-0.39, 0.29) is 36.3 Å². The molecule has 0 saturated heterocycles. The van der Waals surface area contributed by atoms with Crippen LogP contribution in [0.3, 0.4) is 0 Å². The van der Waals surface area contributed by atoms with E-state index in [0.29, 0.717) is 12.1 Å². The van der Waals surface area contributed by atoms with E-state index in [4.69, 9.17) is 5.73 Å². The number of benzene rings is 1. The van der Waals surface area contributed by atoms with Crippen molar-refractivity contribution in [2.24, 2.45) is 5.73 Å². The number of nitrogens with one attached hydrogen (secondary N) is 2. The summed E-state index contributed by atoms with van der Waals surface area (Å²) in [7, 11) is 0. The second-order valence-electron chi connectivity index (χ2n) is 6.14. The summed E-state index contributed by atoms with van der Waals surface area (Å²) in [4.78, 5) is 24.1. The molecular formula is C17H26ClN3O2. The Kier molecular flexibility index (Phi) is 7.52. The molecule has 2 rings (SSSR count). The van der Waals surface area contributed by atoms with Gasteiger partial charge in [0, 0.05) is 12.1 Å². The van der Waals surface area contributed by atoms with E-state index in [1.54, 1.807) is 12.1 Å². The largest absolute Gasteiger partial charge is 0.348 e. The summed E-state index contributed by atoms with van der Waals surface area (Å²) in [6, 6.07) is 7.26. The van der Waals surface area contributed by atoms with E-state index in [0.717, 1.165) is 31.2 Å². The van der Waals surface area contributed by atoms with Crippen molar-refractivity contribution in [1.82, 2.24) is 10.6 Å². The average molecular weight is 340 g/mol. The van der Waals surface area contributed by atoms with Crippen LogP contribution in [0, 0.1) is 6.92 Å². The summed E-state index contributed by atoms with van der Waals surface area (Å²) in [5.41, 5.74) is 7.21. The summed E-state index contributed by atoms with van der Waals surface area (Å²) in [6.07, 6.45) is 5.21. The van der Waals surface area contributed by atoms with E-state index >= 15 is 0 Å². The van der Waals surface area contributed by atoms with Crippen LogP contribution in [-0.4, -0.2) is 30.4 Å². The molecule has 0 spiro atoms. The van der Waals surface area contributed by atoms with Crippen molar-refractivity contribution in [3.05, 3.63) is 35.4 Å². The second kappa shape index (κ2) is 8.89. The molecular weight excluding hydrogens is 314 g/mol. The van der Waals surface area contributed by atoms with Crippen LogP contribution >= 0.6 is 12.4 Å². The highest BCUT2D eigenvalue weighted by atomic mass is 35.5. The van der Waals surface area contributed by atoms with Gasteiger partial charge < -0.3 is 16.4 Å². The molecule has 0 aliphatic heterocycles. The molecule has 1 fully saturated rings. The molecule has 1 aliphatic rings. The second-order valence-corrected chi connectivity index (χ2v) is 6.14. The number of halogens is 1. The zero-order valence-electron chi connectivity index (χ0n) is 13.6. The van der Waals surface area contributed by atoms with Gasteiger partial charge in [-0.15, -0.1) is 12.4 Å². The third kappa shape index (κ3) is 5.52. The van der Waals surface area contributed by atoms with Crippen molar-refractivity contribution in [2.45, 2.75) is 44.6 Å². The quantitative estimate of drug-likeness (QED) is 0.766. The number of amides is 2. The van der Waals surface area contributed by atoms with Gasteiger partial charge in [-0.25, -0.2) is 0 Å². The Hall–Kier alpha value is -1.59. The number of aryl methyl sites for hydroxylation is 1. The Morgan fingerprint density at radius 3 is 2.30 bits per heavy atom. The monoisotopic (exact) mass is 339 g/mol. The lowest BCUT2D eigenvalue weighted by Crippen LogP contribution is -2.56. The first-order chi connectivity index (χ1) is 10.5. The maximum absolute atomic E-state index is 12.1. The van der Waals surface area contributed by atoms with Crippen molar-refractivity contribution in [3.8, 4) is 0 Å². The van der Waals surface area contributed by atoms with Crippen molar-refractivity contribution in [2.75, 3.05) is 13.1 Å². The molecule has 0 atom stereocenters. The molecule has 0 aromatic heterocycles. The van der Waals surface area contributed by atoms with Gasteiger partial charge in [0.25, 0.3) is 5.91 Å². The Morgan fingerprint density at radius 1 is 1.13 bits per heavy atom. The smallest absolute Gasteiger partial charge is 0.251 e. The first-order valence-electron chi connectivity index (χ1n) is 7.91. The standard InChI is InChI=1S/C17H25N3O2.ClH/c1-13-5-7-14(8-6-13)16(22)19-11-15(21)20-17(12-18)9-3-2-4-10-17;/h5-8H,2-4,9-12,18H2,1H3,(H,19,22)(H,20,21);1H. The van der Waals surface area contributed by atoms with Crippen molar-refractivity contribution in [1.29, 1.82) is 0 Å². The van der Waals surface area contributed by atoms with Crippen LogP contribution < -0.4 is 16.4 Å². The molecule has 4 N–H and O–H groups in total. The van der Waals surface area contributed by atoms with E-state index < -0.39 is 0 Å². The van der Waals surface area contributed by atoms with Gasteiger partial charge in [0.1, 0.15) is 0 Å². The number of hydrogen-bond donors (Lipinski definition) is 3. The highest BCUT2D eigenvalue weighted by Crippen LogP contribution is 2.27. The number of rotatable bonds is 5. The molecule has 0 bridgehead atoms. The van der Waals surface area contributed by atoms with Crippen LogP contribution in [0.5, 0.6) is 0 Å². The Bertz CT molecular complexity index is 525. The normalized spacial score (nSPS) is 16.1. The Balaban J connectivity index is 0.00000264. The van der Waals surface area contributed by atoms with Gasteiger partial charge in [0.2, 0.25) is 5.91 Å². The minimum atomic E-state index is -0.288. The minimum Gasteiger partial charge on any atom is -0.348 e. The molecule has 0 unspecified atom stereocenters. The molecule has 128 valence electrons. The van der Waals surface area contributed by atoms with Crippen molar-refractivity contribution < 1.29 is 9.59 Å². The minimum absolute atomic E-state index is 0. The summed E-state index contributed by atoms with van der Waals surface area (Å²) in [6.45, 7) is 2.39. The van der Waals surface area contributed by atoms with Crippen LogP contribution in [0.15, 0.2) is 24.3 Å². The van der Waals surface area contributed by atoms with Gasteiger partial charge in [-0.1, -0.05) is 37.0 Å². The maximum Gasteiger partial charge on any atom is 0.251 e. The molecule has 5 nitrogen and oxygen atoms in total. The van der Waals surface area contributed by atoms with Gasteiger partial charge in [0.15, 0.2) is 0 Å². The molecule has 1 aliphatic carbocycles.